The minimum absolute atomic E-state index is 0.178. The van der Waals surface area contributed by atoms with Gasteiger partial charge in [-0.2, -0.15) is 0 Å². The van der Waals surface area contributed by atoms with E-state index in [1.807, 2.05) is 6.07 Å². The molecule has 3 nitrogen and oxygen atoms in total. The number of halogens is 2. The van der Waals surface area contributed by atoms with Gasteiger partial charge in [-0.3, -0.25) is 4.79 Å². The molecule has 23 heavy (non-hydrogen) atoms. The molecule has 0 aliphatic carbocycles. The van der Waals surface area contributed by atoms with Crippen molar-refractivity contribution in [1.29, 1.82) is 0 Å². The smallest absolute Gasteiger partial charge is 0.230 e. The number of hydrogen-bond acceptors (Lipinski definition) is 1. The highest BCUT2D eigenvalue weighted by molar-refractivity contribution is 5.90. The van der Waals surface area contributed by atoms with E-state index in [4.69, 9.17) is 0 Å². The van der Waals surface area contributed by atoms with Gasteiger partial charge in [-0.1, -0.05) is 24.3 Å². The Morgan fingerprint density at radius 2 is 1.87 bits per heavy atom. The lowest BCUT2D eigenvalue weighted by atomic mass is 10.00. The molecule has 1 unspecified atom stereocenters. The Kier molecular flexibility index (Phi) is 4.67. The average Bonchev–Trinajstić information content (AvgIpc) is 2.56. The molecular formula is C18H19F2N2O+. The third kappa shape index (κ3) is 3.93. The highest BCUT2D eigenvalue weighted by atomic mass is 19.2. The van der Waals surface area contributed by atoms with Gasteiger partial charge in [0.05, 0.1) is 19.5 Å². The van der Waals surface area contributed by atoms with Crippen LogP contribution in [0.1, 0.15) is 17.5 Å². The van der Waals surface area contributed by atoms with Crippen molar-refractivity contribution in [2.45, 2.75) is 19.4 Å². The van der Waals surface area contributed by atoms with Crippen LogP contribution in [0.25, 0.3) is 0 Å². The highest BCUT2D eigenvalue weighted by Crippen LogP contribution is 2.13. The van der Waals surface area contributed by atoms with Crippen LogP contribution in [0.4, 0.5) is 14.5 Å². The molecule has 1 heterocycles. The van der Waals surface area contributed by atoms with E-state index in [-0.39, 0.29) is 11.6 Å². The number of nitrogens with one attached hydrogen (secondary N) is 2. The van der Waals surface area contributed by atoms with Crippen LogP contribution in [-0.4, -0.2) is 19.0 Å². The predicted octanol–water partition coefficient (Wildman–Crippen LogP) is 1.93. The molecule has 0 radical (unpaired) electrons. The van der Waals surface area contributed by atoms with E-state index < -0.39 is 11.6 Å². The largest absolute Gasteiger partial charge is 0.330 e. The zero-order valence-corrected chi connectivity index (χ0v) is 12.7. The van der Waals surface area contributed by atoms with E-state index in [0.717, 1.165) is 38.2 Å². The first kappa shape index (κ1) is 15.6. The molecule has 1 atom stereocenters. The van der Waals surface area contributed by atoms with Crippen molar-refractivity contribution >= 4 is 11.6 Å². The molecule has 1 aliphatic heterocycles. The maximum atomic E-state index is 13.1. The van der Waals surface area contributed by atoms with Gasteiger partial charge in [-0.05, 0) is 17.7 Å². The molecule has 0 spiro atoms. The molecule has 0 saturated carbocycles. The quantitative estimate of drug-likeness (QED) is 0.888. The van der Waals surface area contributed by atoms with Crippen LogP contribution >= 0.6 is 0 Å². The van der Waals surface area contributed by atoms with Crippen LogP contribution in [-0.2, 0) is 17.8 Å². The van der Waals surface area contributed by atoms with Gasteiger partial charge in [0.25, 0.3) is 0 Å². The number of carbonyl (C=O) groups is 1. The van der Waals surface area contributed by atoms with Crippen molar-refractivity contribution < 1.29 is 18.5 Å². The lowest BCUT2D eigenvalue weighted by molar-refractivity contribution is -0.915. The van der Waals surface area contributed by atoms with Gasteiger partial charge in [-0.25, -0.2) is 8.78 Å². The zero-order chi connectivity index (χ0) is 16.2. The van der Waals surface area contributed by atoms with Gasteiger partial charge < -0.3 is 10.2 Å². The van der Waals surface area contributed by atoms with Gasteiger partial charge in [0.2, 0.25) is 5.91 Å². The lowest BCUT2D eigenvalue weighted by Crippen LogP contribution is -3.11. The van der Waals surface area contributed by atoms with Crippen molar-refractivity contribution in [2.24, 2.45) is 0 Å². The molecule has 120 valence electrons. The fourth-order valence-corrected chi connectivity index (χ4v) is 2.94. The number of benzene rings is 2. The number of hydrogen-bond donors (Lipinski definition) is 2. The maximum absolute atomic E-state index is 13.1. The number of quaternary nitrogens is 1. The number of carbonyl (C=O) groups excluding carboxylic acids is 1. The summed E-state index contributed by atoms with van der Waals surface area (Å²) in [5.41, 5.74) is 3.02. The monoisotopic (exact) mass is 317 g/mol. The summed E-state index contributed by atoms with van der Waals surface area (Å²) >= 11 is 0. The molecule has 0 aromatic heterocycles. The molecule has 3 rings (SSSR count). The predicted molar refractivity (Wildman–Crippen MR) is 84.2 cm³/mol. The second kappa shape index (κ2) is 6.87. The first-order valence-electron chi connectivity index (χ1n) is 7.77. The van der Waals surface area contributed by atoms with Crippen LogP contribution < -0.4 is 10.2 Å². The summed E-state index contributed by atoms with van der Waals surface area (Å²) < 4.78 is 26.0. The van der Waals surface area contributed by atoms with Gasteiger partial charge in [-0.15, -0.1) is 0 Å². The summed E-state index contributed by atoms with van der Waals surface area (Å²) in [7, 11) is 0. The Morgan fingerprint density at radius 1 is 1.09 bits per heavy atom. The molecule has 2 aromatic carbocycles. The molecule has 5 heteroatoms. The Bertz CT molecular complexity index is 718. The SMILES string of the molecule is O=C(CC[NH+]1CCc2ccccc2C1)Nc1ccc(F)c(F)c1. The minimum atomic E-state index is -0.957. The third-order valence-electron chi connectivity index (χ3n) is 4.22. The topological polar surface area (TPSA) is 33.5 Å². The normalized spacial score (nSPS) is 16.7. The second-order valence-corrected chi connectivity index (χ2v) is 5.87. The fourth-order valence-electron chi connectivity index (χ4n) is 2.94. The third-order valence-corrected chi connectivity index (χ3v) is 4.22. The summed E-state index contributed by atoms with van der Waals surface area (Å²) in [6, 6.07) is 11.8. The minimum Gasteiger partial charge on any atom is -0.330 e. The summed E-state index contributed by atoms with van der Waals surface area (Å²) in [5, 5.41) is 2.61. The van der Waals surface area contributed by atoms with E-state index in [2.05, 4.69) is 23.5 Å². The Balaban J connectivity index is 1.51. The molecular weight excluding hydrogens is 298 g/mol. The first-order valence-corrected chi connectivity index (χ1v) is 7.77. The lowest BCUT2D eigenvalue weighted by Gasteiger charge is -2.25. The van der Waals surface area contributed by atoms with Gasteiger partial charge in [0.1, 0.15) is 6.54 Å². The second-order valence-electron chi connectivity index (χ2n) is 5.87. The molecule has 0 bridgehead atoms. The Hall–Kier alpha value is -2.27. The molecule has 1 amide bonds. The fraction of sp³-hybridized carbons (Fsp3) is 0.278. The summed E-state index contributed by atoms with van der Waals surface area (Å²) in [6.45, 7) is 2.66. The number of rotatable bonds is 4. The molecule has 1 aliphatic rings. The molecule has 0 fully saturated rings. The van der Waals surface area contributed by atoms with Crippen LogP contribution in [0.2, 0.25) is 0 Å². The molecule has 2 N–H and O–H groups in total. The van der Waals surface area contributed by atoms with E-state index in [9.17, 15) is 13.6 Å². The van der Waals surface area contributed by atoms with E-state index in [1.165, 1.54) is 22.1 Å². The molecule has 0 saturated heterocycles. The summed E-state index contributed by atoms with van der Waals surface area (Å²) in [5.74, 6) is -2.05. The van der Waals surface area contributed by atoms with Crippen LogP contribution in [0.5, 0.6) is 0 Å². The van der Waals surface area contributed by atoms with Gasteiger partial charge in [0.15, 0.2) is 11.6 Å². The van der Waals surface area contributed by atoms with Crippen LogP contribution in [0, 0.1) is 11.6 Å². The maximum Gasteiger partial charge on any atom is 0.230 e. The average molecular weight is 317 g/mol. The van der Waals surface area contributed by atoms with Crippen molar-refractivity contribution in [3.63, 3.8) is 0 Å². The van der Waals surface area contributed by atoms with Crippen molar-refractivity contribution in [1.82, 2.24) is 0 Å². The summed E-state index contributed by atoms with van der Waals surface area (Å²) in [4.78, 5) is 13.3. The number of anilines is 1. The highest BCUT2D eigenvalue weighted by Gasteiger charge is 2.19. The Labute approximate surface area is 133 Å². The van der Waals surface area contributed by atoms with E-state index >= 15 is 0 Å². The van der Waals surface area contributed by atoms with Crippen LogP contribution in [0.3, 0.4) is 0 Å². The van der Waals surface area contributed by atoms with Gasteiger partial charge >= 0.3 is 0 Å². The van der Waals surface area contributed by atoms with Gasteiger partial charge in [0, 0.05) is 23.7 Å². The van der Waals surface area contributed by atoms with Crippen LogP contribution in [0.15, 0.2) is 42.5 Å². The standard InChI is InChI=1S/C18H18F2N2O/c19-16-6-5-15(11-17(16)20)21-18(23)8-10-22-9-7-13-3-1-2-4-14(13)12-22/h1-6,11H,7-10,12H2,(H,21,23)/p+1. The Morgan fingerprint density at radius 3 is 2.65 bits per heavy atom. The van der Waals surface area contributed by atoms with Crippen molar-refractivity contribution in [3.8, 4) is 0 Å². The van der Waals surface area contributed by atoms with E-state index in [1.54, 1.807) is 0 Å². The zero-order valence-electron chi connectivity index (χ0n) is 12.7. The van der Waals surface area contributed by atoms with Crippen molar-refractivity contribution in [2.75, 3.05) is 18.4 Å². The van der Waals surface area contributed by atoms with Crippen molar-refractivity contribution in [3.05, 3.63) is 65.2 Å². The number of amides is 1. The summed E-state index contributed by atoms with van der Waals surface area (Å²) in [6.07, 6.45) is 1.38. The molecule has 2 aromatic rings. The van der Waals surface area contributed by atoms with E-state index in [0.29, 0.717) is 6.42 Å². The first-order chi connectivity index (χ1) is 11.1. The number of fused-ring (bicyclic) bond motifs is 1.